The van der Waals surface area contributed by atoms with Crippen molar-refractivity contribution in [3.63, 3.8) is 0 Å². The Labute approximate surface area is 152 Å². The van der Waals surface area contributed by atoms with Crippen LogP contribution in [0.2, 0.25) is 0 Å². The number of thioether (sulfide) groups is 1. The monoisotopic (exact) mass is 369 g/mol. The summed E-state index contributed by atoms with van der Waals surface area (Å²) in [4.78, 5) is 20.6. The molecule has 0 radical (unpaired) electrons. The van der Waals surface area contributed by atoms with E-state index >= 15 is 0 Å². The zero-order valence-electron chi connectivity index (χ0n) is 14.9. The number of nitro benzene ring substituents is 2. The van der Waals surface area contributed by atoms with Crippen molar-refractivity contribution >= 4 is 28.8 Å². The zero-order valence-corrected chi connectivity index (χ0v) is 15.7. The van der Waals surface area contributed by atoms with Crippen molar-refractivity contribution in [2.45, 2.75) is 64.0 Å². The fraction of sp³-hybridized carbons (Fsp3) is 0.647. The molecule has 0 fully saturated rings. The van der Waals surface area contributed by atoms with Gasteiger partial charge < -0.3 is 5.32 Å². The predicted molar refractivity (Wildman–Crippen MR) is 103 cm³/mol. The van der Waals surface area contributed by atoms with Gasteiger partial charge in [-0.2, -0.15) is 0 Å². The first-order valence-corrected chi connectivity index (χ1v) is 9.82. The van der Waals surface area contributed by atoms with Crippen LogP contribution >= 0.6 is 11.8 Å². The molecular weight excluding hydrogens is 342 g/mol. The fourth-order valence-corrected chi connectivity index (χ4v) is 3.59. The normalized spacial score (nSPS) is 11.9. The van der Waals surface area contributed by atoms with Gasteiger partial charge in [-0.05, 0) is 12.8 Å². The van der Waals surface area contributed by atoms with Gasteiger partial charge in [-0.3, -0.25) is 20.2 Å². The Hall–Kier alpha value is -1.83. The zero-order chi connectivity index (χ0) is 18.7. The van der Waals surface area contributed by atoms with Crippen LogP contribution in [0.4, 0.5) is 17.1 Å². The first-order valence-electron chi connectivity index (χ1n) is 8.77. The molecule has 0 aliphatic rings. The van der Waals surface area contributed by atoms with Gasteiger partial charge in [-0.15, -0.1) is 11.8 Å². The molecule has 0 unspecified atom stereocenters. The van der Waals surface area contributed by atoms with Crippen LogP contribution in [0.3, 0.4) is 0 Å². The van der Waals surface area contributed by atoms with Crippen LogP contribution in [-0.2, 0) is 0 Å². The molecule has 8 heteroatoms. The second kappa shape index (κ2) is 11.7. The number of hydrogen-bond donors (Lipinski definition) is 1. The van der Waals surface area contributed by atoms with E-state index in [0.717, 1.165) is 18.9 Å². The summed E-state index contributed by atoms with van der Waals surface area (Å²) in [6.45, 7) is 4.36. The molecular formula is C17H27N3O4S. The summed E-state index contributed by atoms with van der Waals surface area (Å²) in [5.41, 5.74) is -0.138. The van der Waals surface area contributed by atoms with Gasteiger partial charge in [0.2, 0.25) is 0 Å². The van der Waals surface area contributed by atoms with E-state index in [0.29, 0.717) is 16.8 Å². The number of nitro groups is 2. The van der Waals surface area contributed by atoms with E-state index in [4.69, 9.17) is 0 Å². The molecule has 0 saturated carbocycles. The Balaban J connectivity index is 2.50. The first kappa shape index (κ1) is 21.2. The third-order valence-corrected chi connectivity index (χ3v) is 5.36. The molecule has 0 aliphatic carbocycles. The quantitative estimate of drug-likeness (QED) is 0.206. The average molecular weight is 369 g/mol. The minimum atomic E-state index is -0.615. The molecule has 0 heterocycles. The van der Waals surface area contributed by atoms with Gasteiger partial charge in [0, 0.05) is 23.1 Å². The number of anilines is 1. The lowest BCUT2D eigenvalue weighted by Gasteiger charge is -2.15. The van der Waals surface area contributed by atoms with Gasteiger partial charge in [0.1, 0.15) is 0 Å². The number of nitrogens with zero attached hydrogens (tertiary/aromatic N) is 2. The summed E-state index contributed by atoms with van der Waals surface area (Å²) in [5, 5.41) is 25.4. The van der Waals surface area contributed by atoms with Crippen LogP contribution in [0.5, 0.6) is 0 Å². The number of nitrogens with one attached hydrogen (secondary N) is 1. The molecule has 0 saturated heterocycles. The van der Waals surface area contributed by atoms with Gasteiger partial charge in [-0.25, -0.2) is 0 Å². The number of rotatable bonds is 13. The Morgan fingerprint density at radius 2 is 1.60 bits per heavy atom. The molecule has 0 amide bonds. The van der Waals surface area contributed by atoms with E-state index in [2.05, 4.69) is 19.2 Å². The standard InChI is InChI=1S/C17H27N3O4S/c1-3-5-6-7-8-9-17(4-2)25-13-18-14-10-15(19(21)22)12-16(11-14)20(23)24/h10-12,17-18H,3-9,13H2,1-2H3/t17-/m1/s1. The highest BCUT2D eigenvalue weighted by Gasteiger charge is 2.16. The molecule has 0 spiro atoms. The Kier molecular flexibility index (Phi) is 9.91. The highest BCUT2D eigenvalue weighted by atomic mass is 32.2. The maximum absolute atomic E-state index is 10.9. The molecule has 0 aliphatic heterocycles. The van der Waals surface area contributed by atoms with Crippen LogP contribution in [-0.4, -0.2) is 21.0 Å². The van der Waals surface area contributed by atoms with Gasteiger partial charge in [0.15, 0.2) is 0 Å². The summed E-state index contributed by atoms with van der Waals surface area (Å²) in [6, 6.07) is 3.64. The summed E-state index contributed by atoms with van der Waals surface area (Å²) in [7, 11) is 0. The summed E-state index contributed by atoms with van der Waals surface area (Å²) in [5.74, 6) is 0.575. The number of hydrogen-bond acceptors (Lipinski definition) is 6. The van der Waals surface area contributed by atoms with Crippen LogP contribution in [0.15, 0.2) is 18.2 Å². The number of non-ortho nitro benzene ring substituents is 2. The predicted octanol–water partition coefficient (Wildman–Crippen LogP) is 5.74. The fourth-order valence-electron chi connectivity index (χ4n) is 2.53. The molecule has 1 aromatic rings. The molecule has 1 rings (SSSR count). The van der Waals surface area contributed by atoms with E-state index in [1.807, 2.05) is 0 Å². The number of benzene rings is 1. The lowest BCUT2D eigenvalue weighted by atomic mass is 10.1. The lowest BCUT2D eigenvalue weighted by Crippen LogP contribution is -2.07. The minimum Gasteiger partial charge on any atom is -0.376 e. The first-order chi connectivity index (χ1) is 12.0. The smallest absolute Gasteiger partial charge is 0.278 e. The van der Waals surface area contributed by atoms with Crippen molar-refractivity contribution in [1.82, 2.24) is 0 Å². The van der Waals surface area contributed by atoms with E-state index in [1.54, 1.807) is 11.8 Å². The van der Waals surface area contributed by atoms with Crippen molar-refractivity contribution in [2.75, 3.05) is 11.2 Å². The molecule has 1 atom stereocenters. The maximum Gasteiger partial charge on any atom is 0.278 e. The minimum absolute atomic E-state index is 0.273. The summed E-state index contributed by atoms with van der Waals surface area (Å²) < 4.78 is 0. The van der Waals surface area contributed by atoms with E-state index in [-0.39, 0.29) is 11.4 Å². The molecule has 0 bridgehead atoms. The lowest BCUT2D eigenvalue weighted by molar-refractivity contribution is -0.394. The highest BCUT2D eigenvalue weighted by molar-refractivity contribution is 7.99. The van der Waals surface area contributed by atoms with E-state index in [1.165, 1.54) is 44.2 Å². The molecule has 25 heavy (non-hydrogen) atoms. The van der Waals surface area contributed by atoms with Gasteiger partial charge in [0.05, 0.1) is 21.8 Å². The van der Waals surface area contributed by atoms with Crippen LogP contribution in [0.25, 0.3) is 0 Å². The van der Waals surface area contributed by atoms with Crippen LogP contribution in [0.1, 0.15) is 58.8 Å². The van der Waals surface area contributed by atoms with Crippen LogP contribution < -0.4 is 5.32 Å². The van der Waals surface area contributed by atoms with Crippen molar-refractivity contribution < 1.29 is 9.85 Å². The maximum atomic E-state index is 10.9. The molecule has 0 aromatic heterocycles. The van der Waals surface area contributed by atoms with Crippen molar-refractivity contribution in [3.8, 4) is 0 Å². The second-order valence-electron chi connectivity index (χ2n) is 5.97. The molecule has 7 nitrogen and oxygen atoms in total. The highest BCUT2D eigenvalue weighted by Crippen LogP contribution is 2.27. The van der Waals surface area contributed by atoms with Gasteiger partial charge in [-0.1, -0.05) is 46.0 Å². The van der Waals surface area contributed by atoms with Gasteiger partial charge >= 0.3 is 0 Å². The van der Waals surface area contributed by atoms with E-state index < -0.39 is 9.85 Å². The average Bonchev–Trinajstić information content (AvgIpc) is 2.59. The molecule has 1 N–H and O–H groups in total. The molecule has 140 valence electrons. The largest absolute Gasteiger partial charge is 0.376 e. The third kappa shape index (κ3) is 8.20. The number of unbranched alkanes of at least 4 members (excludes halogenated alkanes) is 4. The van der Waals surface area contributed by atoms with Crippen molar-refractivity contribution in [1.29, 1.82) is 0 Å². The van der Waals surface area contributed by atoms with Crippen molar-refractivity contribution in [2.24, 2.45) is 0 Å². The van der Waals surface area contributed by atoms with Crippen LogP contribution in [0, 0.1) is 20.2 Å². The SMILES string of the molecule is CCCCCCC[C@@H](CC)SCNc1cc([N+](=O)[O-])cc([N+](=O)[O-])c1. The van der Waals surface area contributed by atoms with E-state index in [9.17, 15) is 20.2 Å². The third-order valence-electron chi connectivity index (χ3n) is 4.00. The van der Waals surface area contributed by atoms with Crippen molar-refractivity contribution in [3.05, 3.63) is 38.4 Å². The van der Waals surface area contributed by atoms with Gasteiger partial charge in [0.25, 0.3) is 11.4 Å². The Bertz CT molecular complexity index is 537. The Morgan fingerprint density at radius 1 is 1.00 bits per heavy atom. The topological polar surface area (TPSA) is 98.3 Å². The second-order valence-corrected chi connectivity index (χ2v) is 7.26. The summed E-state index contributed by atoms with van der Waals surface area (Å²) in [6.07, 6.45) is 8.51. The summed E-state index contributed by atoms with van der Waals surface area (Å²) >= 11 is 1.76. The Morgan fingerprint density at radius 3 is 2.12 bits per heavy atom. The molecule has 1 aromatic carbocycles.